The molecule has 3 amide bonds. The summed E-state index contributed by atoms with van der Waals surface area (Å²) in [5.41, 5.74) is 4.38. The number of ether oxygens (including phenoxy) is 1. The van der Waals surface area contributed by atoms with Gasteiger partial charge in [-0.3, -0.25) is 19.3 Å². The van der Waals surface area contributed by atoms with Crippen LogP contribution < -0.4 is 10.2 Å². The van der Waals surface area contributed by atoms with E-state index >= 15 is 0 Å². The lowest BCUT2D eigenvalue weighted by Gasteiger charge is -2.19. The number of aryl methyl sites for hydroxylation is 2. The number of carbonyl (C=O) groups excluding carboxylic acids is 4. The normalized spacial score (nSPS) is 24.5. The van der Waals surface area contributed by atoms with E-state index < -0.39 is 18.5 Å². The van der Waals surface area contributed by atoms with Crippen molar-refractivity contribution in [2.24, 2.45) is 23.7 Å². The number of amides is 3. The van der Waals surface area contributed by atoms with Crippen molar-refractivity contribution < 1.29 is 23.9 Å². The number of allylic oxidation sites excluding steroid dienone is 2. The van der Waals surface area contributed by atoms with Gasteiger partial charge in [-0.25, -0.2) is 4.79 Å². The molecule has 8 heteroatoms. The Hall–Kier alpha value is -3.26. The zero-order chi connectivity index (χ0) is 25.0. The number of halogens is 1. The first-order valence-electron chi connectivity index (χ1n) is 11.6. The van der Waals surface area contributed by atoms with Gasteiger partial charge in [0.25, 0.3) is 5.91 Å². The highest BCUT2D eigenvalue weighted by atomic mass is 79.9. The molecular formula is C27H25BrN2O5. The average molecular weight is 537 g/mol. The van der Waals surface area contributed by atoms with Crippen molar-refractivity contribution in [2.45, 2.75) is 27.2 Å². The van der Waals surface area contributed by atoms with E-state index in [1.54, 1.807) is 12.1 Å². The van der Waals surface area contributed by atoms with Crippen molar-refractivity contribution in [3.63, 3.8) is 0 Å². The maximum atomic E-state index is 13.1. The van der Waals surface area contributed by atoms with Crippen LogP contribution in [0.2, 0.25) is 0 Å². The number of hydrogen-bond acceptors (Lipinski definition) is 5. The first kappa shape index (κ1) is 23.5. The number of esters is 1. The van der Waals surface area contributed by atoms with Crippen LogP contribution in [0.5, 0.6) is 0 Å². The molecule has 0 radical (unpaired) electrons. The van der Waals surface area contributed by atoms with Crippen LogP contribution >= 0.6 is 15.9 Å². The van der Waals surface area contributed by atoms with Gasteiger partial charge in [0.2, 0.25) is 11.8 Å². The van der Waals surface area contributed by atoms with Crippen molar-refractivity contribution in [3.05, 3.63) is 69.2 Å². The first-order valence-corrected chi connectivity index (χ1v) is 12.3. The number of hydrogen-bond donors (Lipinski definition) is 1. The fraction of sp³-hybridized carbons (Fsp3) is 0.333. The molecule has 35 heavy (non-hydrogen) atoms. The molecule has 3 aliphatic rings. The Labute approximate surface area is 211 Å². The molecule has 0 aromatic heterocycles. The van der Waals surface area contributed by atoms with Crippen molar-refractivity contribution in [1.29, 1.82) is 0 Å². The van der Waals surface area contributed by atoms with Gasteiger partial charge in [0, 0.05) is 10.2 Å². The second kappa shape index (κ2) is 8.75. The molecule has 2 aliphatic carbocycles. The quantitative estimate of drug-likeness (QED) is 0.343. The number of nitrogens with zero attached hydrogens (tertiary/aromatic N) is 1. The summed E-state index contributed by atoms with van der Waals surface area (Å²) in [4.78, 5) is 52.1. The van der Waals surface area contributed by atoms with Crippen LogP contribution in [0.15, 0.2) is 52.5 Å². The monoisotopic (exact) mass is 536 g/mol. The summed E-state index contributed by atoms with van der Waals surface area (Å²) in [6.45, 7) is 5.39. The molecule has 2 aromatic rings. The third-order valence-electron chi connectivity index (χ3n) is 7.36. The number of rotatable bonds is 5. The van der Waals surface area contributed by atoms with Gasteiger partial charge in [-0.15, -0.1) is 0 Å². The van der Waals surface area contributed by atoms with E-state index in [-0.39, 0.29) is 41.0 Å². The van der Waals surface area contributed by atoms with Crippen molar-refractivity contribution in [2.75, 3.05) is 16.8 Å². The zero-order valence-corrected chi connectivity index (χ0v) is 21.2. The summed E-state index contributed by atoms with van der Waals surface area (Å²) in [5, 5.41) is 2.75. The fourth-order valence-electron chi connectivity index (χ4n) is 5.59. The molecule has 180 valence electrons. The van der Waals surface area contributed by atoms with Gasteiger partial charge in [-0.1, -0.05) is 27.6 Å². The van der Waals surface area contributed by atoms with E-state index in [4.69, 9.17) is 4.74 Å². The zero-order valence-electron chi connectivity index (χ0n) is 19.6. The number of nitrogens with one attached hydrogen (secondary N) is 1. The molecule has 2 aromatic carbocycles. The highest BCUT2D eigenvalue weighted by Gasteiger charge is 2.60. The molecule has 1 aliphatic heterocycles. The van der Waals surface area contributed by atoms with Crippen molar-refractivity contribution in [1.82, 2.24) is 0 Å². The van der Waals surface area contributed by atoms with Gasteiger partial charge in [0.15, 0.2) is 6.61 Å². The Kier molecular flexibility index (Phi) is 5.87. The summed E-state index contributed by atoms with van der Waals surface area (Å²) in [6.07, 6.45) is 3.01. The van der Waals surface area contributed by atoms with E-state index in [2.05, 4.69) is 27.3 Å². The van der Waals surface area contributed by atoms with Gasteiger partial charge in [-0.2, -0.15) is 0 Å². The predicted octanol–water partition coefficient (Wildman–Crippen LogP) is 4.56. The predicted molar refractivity (Wildman–Crippen MR) is 134 cm³/mol. The Morgan fingerprint density at radius 3 is 2.43 bits per heavy atom. The van der Waals surface area contributed by atoms with Gasteiger partial charge < -0.3 is 10.1 Å². The van der Waals surface area contributed by atoms with Crippen LogP contribution in [0.25, 0.3) is 0 Å². The third-order valence-corrected chi connectivity index (χ3v) is 8.21. The molecular weight excluding hydrogens is 512 g/mol. The van der Waals surface area contributed by atoms with E-state index in [0.717, 1.165) is 22.0 Å². The summed E-state index contributed by atoms with van der Waals surface area (Å²) in [7, 11) is 0. The summed E-state index contributed by atoms with van der Waals surface area (Å²) >= 11 is 3.45. The number of anilines is 2. The van der Waals surface area contributed by atoms with Crippen LogP contribution in [-0.4, -0.2) is 30.3 Å². The molecule has 0 unspecified atom stereocenters. The van der Waals surface area contributed by atoms with E-state index in [9.17, 15) is 19.2 Å². The van der Waals surface area contributed by atoms with Gasteiger partial charge >= 0.3 is 5.97 Å². The summed E-state index contributed by atoms with van der Waals surface area (Å²) < 4.78 is 6.10. The van der Waals surface area contributed by atoms with Crippen LogP contribution in [0.1, 0.15) is 34.8 Å². The van der Waals surface area contributed by atoms with E-state index in [1.165, 1.54) is 22.6 Å². The minimum absolute atomic E-state index is 0.136. The van der Waals surface area contributed by atoms with Gasteiger partial charge in [0.1, 0.15) is 0 Å². The lowest BCUT2D eigenvalue weighted by atomic mass is 9.82. The van der Waals surface area contributed by atoms with Crippen LogP contribution in [0.3, 0.4) is 0 Å². The van der Waals surface area contributed by atoms with Crippen molar-refractivity contribution in [3.8, 4) is 0 Å². The molecule has 1 heterocycles. The molecule has 1 saturated carbocycles. The van der Waals surface area contributed by atoms with Crippen LogP contribution in [-0.2, 0) is 19.1 Å². The average Bonchev–Trinajstić information content (AvgIpc) is 3.46. The molecule has 4 atom stereocenters. The third kappa shape index (κ3) is 3.99. The fourth-order valence-corrected chi connectivity index (χ4v) is 6.05. The highest BCUT2D eigenvalue weighted by Crippen LogP contribution is 2.55. The number of carbonyl (C=O) groups is 4. The lowest BCUT2D eigenvalue weighted by Crippen LogP contribution is -2.33. The largest absolute Gasteiger partial charge is 0.452 e. The molecule has 0 spiro atoms. The van der Waals surface area contributed by atoms with E-state index in [1.807, 2.05) is 32.9 Å². The molecule has 2 fully saturated rings. The number of benzene rings is 2. The second-order valence-corrected chi connectivity index (χ2v) is 10.4. The van der Waals surface area contributed by atoms with Gasteiger partial charge in [0.05, 0.1) is 23.1 Å². The van der Waals surface area contributed by atoms with Crippen molar-refractivity contribution >= 4 is 51.0 Å². The number of imide groups is 1. The lowest BCUT2D eigenvalue weighted by molar-refractivity contribution is -0.123. The Morgan fingerprint density at radius 1 is 1.03 bits per heavy atom. The molecule has 2 bridgehead atoms. The number of fused-ring (bicyclic) bond motifs is 5. The summed E-state index contributed by atoms with van der Waals surface area (Å²) in [6, 6.07) is 9.91. The first-order chi connectivity index (χ1) is 16.7. The maximum Gasteiger partial charge on any atom is 0.338 e. The minimum atomic E-state index is -0.663. The molecule has 1 N–H and O–H groups in total. The SMILES string of the molecule is CC1=C[C@H]2C[C@H]1[C@@H]1C(=O)N(c3ccc(C(=O)OCC(=O)Nc4cc(C)c(Br)cc4C)cc3)C(=O)[C@H]12. The summed E-state index contributed by atoms with van der Waals surface area (Å²) in [5.74, 6) is -1.71. The second-order valence-electron chi connectivity index (χ2n) is 9.57. The van der Waals surface area contributed by atoms with Gasteiger partial charge in [-0.05, 0) is 86.6 Å². The highest BCUT2D eigenvalue weighted by molar-refractivity contribution is 9.10. The van der Waals surface area contributed by atoms with Crippen LogP contribution in [0.4, 0.5) is 11.4 Å². The molecule has 5 rings (SSSR count). The van der Waals surface area contributed by atoms with Crippen LogP contribution in [0, 0.1) is 37.5 Å². The standard InChI is InChI=1S/C27H25BrN2O5/c1-13-8-17-11-19(13)24-23(17)25(32)30(26(24)33)18-6-4-16(5-7-18)27(34)35-12-22(31)29-21-10-14(2)20(28)9-15(21)3/h4-10,17,19,23-24H,11-12H2,1-3H3,(H,29,31)/t17-,19+,23-,24-/m0/s1. The Morgan fingerprint density at radius 2 is 1.71 bits per heavy atom. The topological polar surface area (TPSA) is 92.8 Å². The molecule has 7 nitrogen and oxygen atoms in total. The van der Waals surface area contributed by atoms with E-state index in [0.29, 0.717) is 11.4 Å². The minimum Gasteiger partial charge on any atom is -0.452 e. The Bertz CT molecular complexity index is 1300. The smallest absolute Gasteiger partial charge is 0.338 e. The Balaban J connectivity index is 1.21. The molecule has 1 saturated heterocycles. The maximum absolute atomic E-state index is 13.1.